The zero-order valence-corrected chi connectivity index (χ0v) is 11.9. The van der Waals surface area contributed by atoms with Crippen LogP contribution in [0.5, 0.6) is 0 Å². The fourth-order valence-electron chi connectivity index (χ4n) is 2.17. The lowest BCUT2D eigenvalue weighted by Crippen LogP contribution is -2.28. The number of nitrogens with zero attached hydrogens (tertiary/aromatic N) is 1. The number of carboxylic acid groups (broad SMARTS) is 1. The van der Waals surface area contributed by atoms with E-state index >= 15 is 0 Å². The van der Waals surface area contributed by atoms with Crippen molar-refractivity contribution in [1.82, 2.24) is 9.62 Å². The van der Waals surface area contributed by atoms with Gasteiger partial charge in [0.15, 0.2) is 0 Å². The van der Waals surface area contributed by atoms with Crippen LogP contribution in [0.1, 0.15) is 29.8 Å². The molecule has 2 rings (SSSR count). The van der Waals surface area contributed by atoms with Gasteiger partial charge in [0.1, 0.15) is 0 Å². The largest absolute Gasteiger partial charge is 0.475 e. The molecule has 0 saturated carbocycles. The summed E-state index contributed by atoms with van der Waals surface area (Å²) in [5.74, 6) is -1.68. The van der Waals surface area contributed by atoms with E-state index in [1.165, 1.54) is 12.8 Å². The van der Waals surface area contributed by atoms with Crippen LogP contribution in [-0.2, 0) is 10.0 Å². The van der Waals surface area contributed by atoms with Gasteiger partial charge in [0.2, 0.25) is 10.9 Å². The van der Waals surface area contributed by atoms with Crippen molar-refractivity contribution in [2.24, 2.45) is 0 Å². The number of rotatable bonds is 7. The van der Waals surface area contributed by atoms with Crippen LogP contribution in [0.2, 0.25) is 0 Å². The first kappa shape index (κ1) is 15.0. The molecule has 0 aromatic carbocycles. The Kier molecular flexibility index (Phi) is 4.79. The summed E-state index contributed by atoms with van der Waals surface area (Å²) in [4.78, 5) is 12.9. The maximum absolute atomic E-state index is 11.9. The second kappa shape index (κ2) is 6.38. The van der Waals surface area contributed by atoms with Crippen LogP contribution in [0, 0.1) is 0 Å². The summed E-state index contributed by atoms with van der Waals surface area (Å²) in [5.41, 5.74) is 0. The number of likely N-dealkylation sites (tertiary alicyclic amines) is 1. The number of carboxylic acids is 1. The number of aromatic carboxylic acids is 1. The average Bonchev–Trinajstić information content (AvgIpc) is 3.05. The number of hydrogen-bond acceptors (Lipinski definition) is 5. The van der Waals surface area contributed by atoms with Crippen molar-refractivity contribution < 1.29 is 22.7 Å². The molecule has 20 heavy (non-hydrogen) atoms. The van der Waals surface area contributed by atoms with Crippen molar-refractivity contribution in [3.63, 3.8) is 0 Å². The van der Waals surface area contributed by atoms with Crippen LogP contribution in [0.15, 0.2) is 21.6 Å². The molecule has 1 aliphatic heterocycles. The van der Waals surface area contributed by atoms with Gasteiger partial charge in [-0.15, -0.1) is 0 Å². The Labute approximate surface area is 117 Å². The van der Waals surface area contributed by atoms with Crippen molar-refractivity contribution in [1.29, 1.82) is 0 Å². The van der Waals surface area contributed by atoms with Crippen molar-refractivity contribution >= 4 is 16.0 Å². The molecule has 7 nitrogen and oxygen atoms in total. The maximum Gasteiger partial charge on any atom is 0.371 e. The topological polar surface area (TPSA) is 99.8 Å². The van der Waals surface area contributed by atoms with E-state index in [1.54, 1.807) is 0 Å². The second-order valence-electron chi connectivity index (χ2n) is 4.72. The van der Waals surface area contributed by atoms with Crippen molar-refractivity contribution in [2.45, 2.75) is 24.4 Å². The van der Waals surface area contributed by atoms with Crippen LogP contribution in [0.25, 0.3) is 0 Å². The normalized spacial score (nSPS) is 16.6. The average molecular weight is 302 g/mol. The molecule has 0 amide bonds. The molecule has 0 atom stereocenters. The van der Waals surface area contributed by atoms with E-state index < -0.39 is 16.0 Å². The van der Waals surface area contributed by atoms with Gasteiger partial charge in [-0.3, -0.25) is 0 Å². The third-order valence-electron chi connectivity index (χ3n) is 3.20. The lowest BCUT2D eigenvalue weighted by atomic mass is 10.4. The van der Waals surface area contributed by atoms with Gasteiger partial charge in [-0.05, 0) is 51.0 Å². The monoisotopic (exact) mass is 302 g/mol. The highest BCUT2D eigenvalue weighted by Crippen LogP contribution is 2.13. The SMILES string of the molecule is O=C(O)c1ccc(S(=O)(=O)NCCCN2CCCC2)o1. The summed E-state index contributed by atoms with van der Waals surface area (Å²) in [6.45, 7) is 3.32. The Morgan fingerprint density at radius 1 is 1.35 bits per heavy atom. The molecule has 0 unspecified atom stereocenters. The molecule has 1 aromatic rings. The molecule has 1 aliphatic rings. The Morgan fingerprint density at radius 2 is 2.05 bits per heavy atom. The van der Waals surface area contributed by atoms with Gasteiger partial charge in [0.25, 0.3) is 10.0 Å². The van der Waals surface area contributed by atoms with Gasteiger partial charge in [-0.1, -0.05) is 0 Å². The van der Waals surface area contributed by atoms with E-state index in [2.05, 4.69) is 9.62 Å². The summed E-state index contributed by atoms with van der Waals surface area (Å²) in [6, 6.07) is 2.27. The van der Waals surface area contributed by atoms with E-state index in [1.807, 2.05) is 0 Å². The van der Waals surface area contributed by atoms with Gasteiger partial charge in [-0.2, -0.15) is 0 Å². The highest BCUT2D eigenvalue weighted by atomic mass is 32.2. The van der Waals surface area contributed by atoms with E-state index in [0.29, 0.717) is 13.0 Å². The third kappa shape index (κ3) is 3.81. The first-order valence-electron chi connectivity index (χ1n) is 6.54. The van der Waals surface area contributed by atoms with E-state index in [-0.39, 0.29) is 10.9 Å². The van der Waals surface area contributed by atoms with Gasteiger partial charge < -0.3 is 14.4 Å². The summed E-state index contributed by atoms with van der Waals surface area (Å²) in [7, 11) is -3.77. The van der Waals surface area contributed by atoms with E-state index in [4.69, 9.17) is 9.52 Å². The smallest absolute Gasteiger partial charge is 0.371 e. The number of furan rings is 1. The van der Waals surface area contributed by atoms with Crippen LogP contribution in [-0.4, -0.2) is 50.6 Å². The zero-order valence-electron chi connectivity index (χ0n) is 11.0. The van der Waals surface area contributed by atoms with E-state index in [9.17, 15) is 13.2 Å². The zero-order chi connectivity index (χ0) is 14.6. The molecule has 0 radical (unpaired) electrons. The molecule has 2 heterocycles. The first-order valence-corrected chi connectivity index (χ1v) is 8.02. The standard InChI is InChI=1S/C12H18N2O5S/c15-12(16)10-4-5-11(19-10)20(17,18)13-6-3-9-14-7-1-2-8-14/h4-5,13H,1-3,6-9H2,(H,15,16). The molecule has 0 aliphatic carbocycles. The number of hydrogen-bond donors (Lipinski definition) is 2. The Morgan fingerprint density at radius 3 is 2.65 bits per heavy atom. The van der Waals surface area contributed by atoms with Crippen molar-refractivity contribution in [3.05, 3.63) is 17.9 Å². The molecule has 0 bridgehead atoms. The van der Waals surface area contributed by atoms with Crippen molar-refractivity contribution in [3.8, 4) is 0 Å². The highest BCUT2D eigenvalue weighted by Gasteiger charge is 2.20. The minimum Gasteiger partial charge on any atom is -0.475 e. The summed E-state index contributed by atoms with van der Waals surface area (Å²) in [6.07, 6.45) is 3.12. The fraction of sp³-hybridized carbons (Fsp3) is 0.583. The lowest BCUT2D eigenvalue weighted by molar-refractivity contribution is 0.0656. The molecular formula is C12H18N2O5S. The molecule has 112 valence electrons. The van der Waals surface area contributed by atoms with Crippen LogP contribution < -0.4 is 4.72 Å². The van der Waals surface area contributed by atoms with Crippen LogP contribution >= 0.6 is 0 Å². The Bertz CT molecular complexity index is 560. The molecule has 0 spiro atoms. The minimum absolute atomic E-state index is 0.307. The summed E-state index contributed by atoms with van der Waals surface area (Å²) < 4.78 is 30.9. The van der Waals surface area contributed by atoms with E-state index in [0.717, 1.165) is 31.8 Å². The first-order chi connectivity index (χ1) is 9.49. The van der Waals surface area contributed by atoms with Gasteiger partial charge >= 0.3 is 5.97 Å². The Balaban J connectivity index is 1.82. The lowest BCUT2D eigenvalue weighted by Gasteiger charge is -2.13. The minimum atomic E-state index is -3.77. The molecule has 1 fully saturated rings. The summed E-state index contributed by atoms with van der Waals surface area (Å²) in [5, 5.41) is 8.32. The third-order valence-corrected chi connectivity index (χ3v) is 4.53. The van der Waals surface area contributed by atoms with Gasteiger partial charge in [-0.25, -0.2) is 17.9 Å². The van der Waals surface area contributed by atoms with Gasteiger partial charge in [0, 0.05) is 6.54 Å². The second-order valence-corrected chi connectivity index (χ2v) is 6.42. The fourth-order valence-corrected chi connectivity index (χ4v) is 3.17. The molecule has 1 saturated heterocycles. The van der Waals surface area contributed by atoms with Crippen LogP contribution in [0.3, 0.4) is 0 Å². The number of sulfonamides is 1. The predicted molar refractivity (Wildman–Crippen MR) is 71.1 cm³/mol. The van der Waals surface area contributed by atoms with Crippen molar-refractivity contribution in [2.75, 3.05) is 26.2 Å². The molecule has 8 heteroatoms. The maximum atomic E-state index is 11.9. The molecule has 1 aromatic heterocycles. The molecule has 2 N–H and O–H groups in total. The summed E-state index contributed by atoms with van der Waals surface area (Å²) >= 11 is 0. The number of carbonyl (C=O) groups is 1. The highest BCUT2D eigenvalue weighted by molar-refractivity contribution is 7.89. The molecular weight excluding hydrogens is 284 g/mol. The Hall–Kier alpha value is -1.38. The number of nitrogens with one attached hydrogen (secondary N) is 1. The van der Waals surface area contributed by atoms with Crippen LogP contribution in [0.4, 0.5) is 0 Å². The van der Waals surface area contributed by atoms with Gasteiger partial charge in [0.05, 0.1) is 0 Å². The quantitative estimate of drug-likeness (QED) is 0.721. The predicted octanol–water partition coefficient (Wildman–Crippen LogP) is 0.742.